The zero-order valence-electron chi connectivity index (χ0n) is 5.64. The van der Waals surface area contributed by atoms with E-state index in [4.69, 9.17) is 5.73 Å². The predicted molar refractivity (Wildman–Crippen MR) is 48.0 cm³/mol. The van der Waals surface area contributed by atoms with Gasteiger partial charge in [0.25, 0.3) is 0 Å². The van der Waals surface area contributed by atoms with E-state index in [2.05, 4.69) is 13.2 Å². The Hall–Kier alpha value is -0.210. The summed E-state index contributed by atoms with van der Waals surface area (Å²) in [6.45, 7) is 7.14. The summed E-state index contributed by atoms with van der Waals surface area (Å²) in [7, 11) is 0. The first-order chi connectivity index (χ1) is 3.81. The summed E-state index contributed by atoms with van der Waals surface area (Å²) in [6, 6.07) is 0.227. The average Bonchev–Trinajstić information content (AvgIpc) is 1.68. The minimum Gasteiger partial charge on any atom is -0.327 e. The number of rotatable bonds is 4. The first kappa shape index (κ1) is 11.6. The van der Waals surface area contributed by atoms with Gasteiger partial charge in [0.05, 0.1) is 0 Å². The minimum atomic E-state index is 0. The van der Waals surface area contributed by atoms with Gasteiger partial charge >= 0.3 is 0 Å². The second kappa shape index (κ2) is 7.79. The van der Waals surface area contributed by atoms with Crippen LogP contribution in [0.4, 0.5) is 0 Å². The van der Waals surface area contributed by atoms with E-state index in [9.17, 15) is 0 Å². The van der Waals surface area contributed by atoms with Gasteiger partial charge in [-0.05, 0) is 12.8 Å². The molecule has 1 nitrogen and oxygen atoms in total. The van der Waals surface area contributed by atoms with Crippen LogP contribution in [-0.4, -0.2) is 6.04 Å². The van der Waals surface area contributed by atoms with Crippen LogP contribution in [0.15, 0.2) is 25.3 Å². The van der Waals surface area contributed by atoms with Crippen LogP contribution >= 0.6 is 13.5 Å². The molecule has 0 aromatic heterocycles. The average molecular weight is 145 g/mol. The molecule has 2 heteroatoms. The van der Waals surface area contributed by atoms with Crippen LogP contribution in [0.25, 0.3) is 0 Å². The summed E-state index contributed by atoms with van der Waals surface area (Å²) in [5, 5.41) is 0. The lowest BCUT2D eigenvalue weighted by atomic mass is 10.1. The second-order valence-electron chi connectivity index (χ2n) is 1.81. The third kappa shape index (κ3) is 7.79. The van der Waals surface area contributed by atoms with Gasteiger partial charge in [-0.1, -0.05) is 12.2 Å². The molecule has 0 aromatic carbocycles. The van der Waals surface area contributed by atoms with Gasteiger partial charge in [-0.25, -0.2) is 0 Å². The van der Waals surface area contributed by atoms with Gasteiger partial charge in [0.15, 0.2) is 0 Å². The molecule has 0 heterocycles. The van der Waals surface area contributed by atoms with Crippen LogP contribution in [-0.2, 0) is 0 Å². The van der Waals surface area contributed by atoms with Gasteiger partial charge in [-0.15, -0.1) is 13.2 Å². The summed E-state index contributed by atoms with van der Waals surface area (Å²) < 4.78 is 0. The Kier molecular flexibility index (Phi) is 10.0. The Balaban J connectivity index is 0. The highest BCUT2D eigenvalue weighted by molar-refractivity contribution is 7.59. The molecule has 0 saturated heterocycles. The normalized spacial score (nSPS) is 8.22. The second-order valence-corrected chi connectivity index (χ2v) is 1.81. The van der Waals surface area contributed by atoms with Crippen molar-refractivity contribution in [1.29, 1.82) is 0 Å². The van der Waals surface area contributed by atoms with Crippen molar-refractivity contribution in [3.05, 3.63) is 25.3 Å². The van der Waals surface area contributed by atoms with E-state index in [0.29, 0.717) is 0 Å². The SMILES string of the molecule is C=CCC(N)CC=C.S. The largest absolute Gasteiger partial charge is 0.327 e. The maximum absolute atomic E-state index is 5.55. The fourth-order valence-electron chi connectivity index (χ4n) is 0.524. The minimum absolute atomic E-state index is 0. The Labute approximate surface area is 64.1 Å². The van der Waals surface area contributed by atoms with Crippen LogP contribution in [0, 0.1) is 0 Å². The quantitative estimate of drug-likeness (QED) is 0.597. The third-order valence-corrected chi connectivity index (χ3v) is 0.939. The molecule has 0 fully saturated rings. The molecule has 0 saturated carbocycles. The summed E-state index contributed by atoms with van der Waals surface area (Å²) >= 11 is 0. The molecule has 0 aliphatic carbocycles. The highest BCUT2D eigenvalue weighted by Gasteiger charge is 1.92. The van der Waals surface area contributed by atoms with Crippen molar-refractivity contribution >= 4 is 13.5 Å². The topological polar surface area (TPSA) is 26.0 Å². The third-order valence-electron chi connectivity index (χ3n) is 0.939. The fraction of sp³-hybridized carbons (Fsp3) is 0.429. The van der Waals surface area contributed by atoms with E-state index < -0.39 is 0 Å². The number of hydrogen-bond acceptors (Lipinski definition) is 1. The standard InChI is InChI=1S/C7H13N.H2S/c1-3-5-7(8)6-4-2;/h3-4,7H,1-2,5-6,8H2;1H2. The monoisotopic (exact) mass is 145 g/mol. The molecule has 0 amide bonds. The van der Waals surface area contributed by atoms with Crippen LogP contribution in [0.3, 0.4) is 0 Å². The molecule has 9 heavy (non-hydrogen) atoms. The Morgan fingerprint density at radius 1 is 1.22 bits per heavy atom. The molecule has 0 radical (unpaired) electrons. The van der Waals surface area contributed by atoms with E-state index in [1.54, 1.807) is 0 Å². The van der Waals surface area contributed by atoms with E-state index in [1.807, 2.05) is 12.2 Å². The molecule has 0 bridgehead atoms. The lowest BCUT2D eigenvalue weighted by Crippen LogP contribution is -2.17. The van der Waals surface area contributed by atoms with E-state index in [1.165, 1.54) is 0 Å². The first-order valence-corrected chi connectivity index (χ1v) is 2.78. The summed E-state index contributed by atoms with van der Waals surface area (Å²) in [4.78, 5) is 0. The van der Waals surface area contributed by atoms with Crippen LogP contribution in [0.2, 0.25) is 0 Å². The molecule has 0 aliphatic rings. The molecule has 0 rings (SSSR count). The Bertz CT molecular complexity index is 71.0. The molecule has 0 unspecified atom stereocenters. The number of nitrogens with two attached hydrogens (primary N) is 1. The van der Waals surface area contributed by atoms with E-state index in [0.717, 1.165) is 12.8 Å². The first-order valence-electron chi connectivity index (χ1n) is 2.78. The van der Waals surface area contributed by atoms with Crippen LogP contribution < -0.4 is 5.73 Å². The smallest absolute Gasteiger partial charge is 0.0108 e. The van der Waals surface area contributed by atoms with Gasteiger partial charge in [0.2, 0.25) is 0 Å². The fourth-order valence-corrected chi connectivity index (χ4v) is 0.524. The summed E-state index contributed by atoms with van der Waals surface area (Å²) in [5.74, 6) is 0. The van der Waals surface area contributed by atoms with E-state index in [-0.39, 0.29) is 19.5 Å². The Morgan fingerprint density at radius 2 is 1.56 bits per heavy atom. The zero-order valence-corrected chi connectivity index (χ0v) is 6.64. The maximum atomic E-state index is 5.55. The molecule has 0 aliphatic heterocycles. The number of hydrogen-bond donors (Lipinski definition) is 1. The summed E-state index contributed by atoms with van der Waals surface area (Å²) in [5.41, 5.74) is 5.55. The summed E-state index contributed by atoms with van der Waals surface area (Å²) in [6.07, 6.45) is 5.42. The van der Waals surface area contributed by atoms with Gasteiger partial charge in [-0.3, -0.25) is 0 Å². The molecular formula is C7H15NS. The van der Waals surface area contributed by atoms with Crippen molar-refractivity contribution in [3.63, 3.8) is 0 Å². The van der Waals surface area contributed by atoms with Gasteiger partial charge in [-0.2, -0.15) is 13.5 Å². The maximum Gasteiger partial charge on any atom is 0.0108 e. The lowest BCUT2D eigenvalue weighted by Gasteiger charge is -2.01. The van der Waals surface area contributed by atoms with Crippen molar-refractivity contribution < 1.29 is 0 Å². The molecular weight excluding hydrogens is 130 g/mol. The van der Waals surface area contributed by atoms with Crippen molar-refractivity contribution in [2.45, 2.75) is 18.9 Å². The van der Waals surface area contributed by atoms with Crippen molar-refractivity contribution in [1.82, 2.24) is 0 Å². The van der Waals surface area contributed by atoms with Crippen molar-refractivity contribution in [2.75, 3.05) is 0 Å². The molecule has 0 atom stereocenters. The highest BCUT2D eigenvalue weighted by Crippen LogP contribution is 1.93. The lowest BCUT2D eigenvalue weighted by molar-refractivity contribution is 0.696. The molecule has 0 aromatic rings. The molecule has 54 valence electrons. The molecule has 2 N–H and O–H groups in total. The highest BCUT2D eigenvalue weighted by atomic mass is 32.1. The Morgan fingerprint density at radius 3 is 1.78 bits per heavy atom. The van der Waals surface area contributed by atoms with Gasteiger partial charge in [0, 0.05) is 6.04 Å². The van der Waals surface area contributed by atoms with Crippen molar-refractivity contribution in [3.8, 4) is 0 Å². The van der Waals surface area contributed by atoms with Crippen molar-refractivity contribution in [2.24, 2.45) is 5.73 Å². The van der Waals surface area contributed by atoms with Gasteiger partial charge in [0.1, 0.15) is 0 Å². The van der Waals surface area contributed by atoms with Gasteiger partial charge < -0.3 is 5.73 Å². The molecule has 0 spiro atoms. The predicted octanol–water partition coefficient (Wildman–Crippen LogP) is 1.58. The van der Waals surface area contributed by atoms with Crippen LogP contribution in [0.5, 0.6) is 0 Å². The zero-order chi connectivity index (χ0) is 6.41. The van der Waals surface area contributed by atoms with E-state index >= 15 is 0 Å². The van der Waals surface area contributed by atoms with Crippen LogP contribution in [0.1, 0.15) is 12.8 Å².